The molecule has 57 heavy (non-hydrogen) atoms. The smallest absolute Gasteiger partial charge is 0.188 e. The van der Waals surface area contributed by atoms with Crippen LogP contribution in [0.25, 0.3) is 50.6 Å². The van der Waals surface area contributed by atoms with E-state index in [1.165, 1.54) is 10.8 Å². The van der Waals surface area contributed by atoms with E-state index in [1.54, 1.807) is 0 Å². The second-order valence-electron chi connectivity index (χ2n) is 17.9. The zero-order valence-corrected chi connectivity index (χ0v) is 39.0. The van der Waals surface area contributed by atoms with Crippen molar-refractivity contribution in [2.75, 3.05) is 0 Å². The largest absolute Gasteiger partial charge is 0.487 e. The summed E-state index contributed by atoms with van der Waals surface area (Å²) in [7, 11) is -1.34. The quantitative estimate of drug-likeness (QED) is 0.107. The molecule has 7 heteroatoms. The molecule has 0 spiro atoms. The van der Waals surface area contributed by atoms with Crippen molar-refractivity contribution in [1.29, 1.82) is 0 Å². The number of imidazole rings is 1. The van der Waals surface area contributed by atoms with Gasteiger partial charge in [-0.25, -0.2) is 4.98 Å². The number of hydrogen-bond acceptors (Lipinski definition) is 4. The van der Waals surface area contributed by atoms with Crippen molar-refractivity contribution in [2.45, 2.75) is 106 Å². The second kappa shape index (κ2) is 18.0. The minimum Gasteiger partial charge on any atom is -0.487 e. The number of benzene rings is 4. The average Bonchev–Trinajstić information content (AvgIpc) is 3.75. The van der Waals surface area contributed by atoms with Crippen LogP contribution in [-0.4, -0.2) is 27.6 Å². The minimum atomic E-state index is -1.34. The maximum Gasteiger partial charge on any atom is 0.188 e. The summed E-state index contributed by atoms with van der Waals surface area (Å²) in [5.41, 5.74) is 10.6. The summed E-state index contributed by atoms with van der Waals surface area (Å²) in [5.74, 6) is 2.11. The maximum atomic E-state index is 8.96. The Bertz CT molecular complexity index is 2480. The molecule has 3 aromatic heterocycles. The molecule has 4 aromatic carbocycles. The van der Waals surface area contributed by atoms with Gasteiger partial charge < -0.3 is 14.0 Å². The number of pyridine rings is 1. The van der Waals surface area contributed by atoms with Crippen LogP contribution >= 0.6 is 0 Å². The predicted molar refractivity (Wildman–Crippen MR) is 238 cm³/mol. The van der Waals surface area contributed by atoms with Gasteiger partial charge in [0.15, 0.2) is 5.89 Å². The Balaban J connectivity index is 0.000000267. The predicted octanol–water partition coefficient (Wildman–Crippen LogP) is 13.0. The number of oxazole rings is 1. The number of nitrogens with zero attached hydrogens (tertiary/aromatic N) is 4. The first kappa shape index (κ1) is 40.8. The molecule has 0 saturated carbocycles. The van der Waals surface area contributed by atoms with Gasteiger partial charge in [-0.15, -0.1) is 54.1 Å². The van der Waals surface area contributed by atoms with Crippen molar-refractivity contribution in [2.24, 2.45) is 5.92 Å². The van der Waals surface area contributed by atoms with Crippen molar-refractivity contribution in [3.05, 3.63) is 138 Å². The molecular weight excluding hydrogens is 893 g/mol. The molecule has 0 bridgehead atoms. The standard InChI is InChI=1S/C32H34N3O.C18H24NSi.Ir/c1-20(2)25-18-23(22-12-9-8-10-13-22)19-26(21(3)4)28(25)35-17-16-33-30(35)24-14-11-15-27-29(24)36-31(34-27)32(5,6)7;1-14(2)11-16-12-17(15-9-7-6-8-10-15)19-13-18(16)20(3,4)5;/h8-13,15-21H,1-7H3;6-9,12-14H,11H2,1-5H3;/q2*-1;/i16D,17D;;. The van der Waals surface area contributed by atoms with E-state index >= 15 is 0 Å². The third-order valence-electron chi connectivity index (χ3n) is 9.90. The SMILES string of the molecule is CC(C)Cc1cc(-c2[c-]cccc2)ncc1[Si](C)(C)C.[2H]c1nc(-c2[c-]ccc3nc(C(C)(C)C)oc23)n(-c2c(C(C)C)cc(-c3ccccc3)cc2C(C)C)c1[2H].[Ir]. The molecule has 7 rings (SSSR count). The summed E-state index contributed by atoms with van der Waals surface area (Å²) in [5, 5.41) is 1.49. The van der Waals surface area contributed by atoms with Gasteiger partial charge in [-0.3, -0.25) is 4.98 Å². The molecule has 0 fully saturated rings. The van der Waals surface area contributed by atoms with Crippen LogP contribution in [0.15, 0.2) is 108 Å². The van der Waals surface area contributed by atoms with E-state index in [2.05, 4.69) is 159 Å². The minimum absolute atomic E-state index is 0. The van der Waals surface area contributed by atoms with E-state index in [0.717, 1.165) is 45.6 Å². The number of fused-ring (bicyclic) bond motifs is 1. The van der Waals surface area contributed by atoms with Gasteiger partial charge in [0.25, 0.3) is 0 Å². The van der Waals surface area contributed by atoms with Crippen LogP contribution in [0.1, 0.15) is 99.5 Å². The Hall–Kier alpha value is -4.42. The fourth-order valence-corrected chi connectivity index (χ4v) is 8.63. The Morgan fingerprint density at radius 2 is 1.47 bits per heavy atom. The number of rotatable bonds is 9. The van der Waals surface area contributed by atoms with E-state index in [1.807, 2.05) is 41.0 Å². The summed E-state index contributed by atoms with van der Waals surface area (Å²) in [6.07, 6.45) is 3.19. The van der Waals surface area contributed by atoms with Gasteiger partial charge in [-0.2, -0.15) is 0 Å². The zero-order chi connectivity index (χ0) is 42.1. The van der Waals surface area contributed by atoms with Gasteiger partial charge in [0.05, 0.1) is 22.2 Å². The van der Waals surface area contributed by atoms with Gasteiger partial charge in [0.2, 0.25) is 0 Å². The van der Waals surface area contributed by atoms with Crippen LogP contribution in [0.5, 0.6) is 0 Å². The monoisotopic (exact) mass is 953 g/mol. The van der Waals surface area contributed by atoms with Crippen LogP contribution in [-0.2, 0) is 31.9 Å². The molecule has 3 heterocycles. The molecule has 0 unspecified atom stereocenters. The first-order chi connectivity index (χ1) is 27.3. The Labute approximate surface area is 358 Å². The maximum absolute atomic E-state index is 8.96. The van der Waals surface area contributed by atoms with Gasteiger partial charge in [-0.05, 0) is 69.4 Å². The Morgan fingerprint density at radius 3 is 2.05 bits per heavy atom. The van der Waals surface area contributed by atoms with Crippen LogP contribution < -0.4 is 5.19 Å². The topological polar surface area (TPSA) is 56.7 Å². The molecular formula is C50H58IrN4OSi-2. The third kappa shape index (κ3) is 10.0. The van der Waals surface area contributed by atoms with Crippen LogP contribution in [0.3, 0.4) is 0 Å². The van der Waals surface area contributed by atoms with Gasteiger partial charge in [-0.1, -0.05) is 129 Å². The molecule has 5 nitrogen and oxygen atoms in total. The summed E-state index contributed by atoms with van der Waals surface area (Å²) < 4.78 is 25.6. The van der Waals surface area contributed by atoms with Gasteiger partial charge in [0.1, 0.15) is 0 Å². The van der Waals surface area contributed by atoms with E-state index in [9.17, 15) is 0 Å². The van der Waals surface area contributed by atoms with Crippen LogP contribution in [0.4, 0.5) is 0 Å². The molecule has 0 aliphatic heterocycles. The summed E-state index contributed by atoms with van der Waals surface area (Å²) in [4.78, 5) is 14.0. The third-order valence-corrected chi connectivity index (χ3v) is 12.0. The van der Waals surface area contributed by atoms with Crippen LogP contribution in [0, 0.1) is 18.1 Å². The Morgan fingerprint density at radius 1 is 0.807 bits per heavy atom. The molecule has 0 aliphatic carbocycles. The van der Waals surface area contributed by atoms with E-state index in [4.69, 9.17) is 12.1 Å². The molecule has 7 aromatic rings. The molecule has 0 atom stereocenters. The fraction of sp³-hybridized carbons (Fsp3) is 0.340. The number of hydrogen-bond donors (Lipinski definition) is 0. The first-order valence-electron chi connectivity index (χ1n) is 20.9. The molecule has 1 radical (unpaired) electrons. The van der Waals surface area contributed by atoms with E-state index < -0.39 is 8.07 Å². The number of aromatic nitrogens is 4. The first-order valence-corrected chi connectivity index (χ1v) is 23.4. The normalized spacial score (nSPS) is 12.4. The molecule has 0 amide bonds. The second-order valence-corrected chi connectivity index (χ2v) is 22.9. The molecule has 0 N–H and O–H groups in total. The van der Waals surface area contributed by atoms with Crippen molar-refractivity contribution < 1.29 is 27.3 Å². The Kier molecular flexibility index (Phi) is 12.9. The van der Waals surface area contributed by atoms with Crippen molar-refractivity contribution in [3.8, 4) is 39.5 Å². The molecule has 299 valence electrons. The van der Waals surface area contributed by atoms with Crippen LogP contribution in [0.2, 0.25) is 19.6 Å². The zero-order valence-electron chi connectivity index (χ0n) is 37.6. The van der Waals surface area contributed by atoms with Crippen molar-refractivity contribution >= 4 is 24.4 Å². The summed E-state index contributed by atoms with van der Waals surface area (Å²) >= 11 is 0. The molecule has 0 aliphatic rings. The van der Waals surface area contributed by atoms with Crippen molar-refractivity contribution in [3.63, 3.8) is 0 Å². The summed E-state index contributed by atoms with van der Waals surface area (Å²) in [6.45, 7) is 26.6. The fourth-order valence-electron chi connectivity index (χ4n) is 7.04. The van der Waals surface area contributed by atoms with E-state index in [0.29, 0.717) is 34.3 Å². The average molecular weight is 953 g/mol. The van der Waals surface area contributed by atoms with E-state index in [-0.39, 0.29) is 49.7 Å². The summed E-state index contributed by atoms with van der Waals surface area (Å²) in [6, 6.07) is 35.4. The van der Waals surface area contributed by atoms with Gasteiger partial charge >= 0.3 is 0 Å². The van der Waals surface area contributed by atoms with Crippen molar-refractivity contribution in [1.82, 2.24) is 19.5 Å². The molecule has 0 saturated heterocycles. The van der Waals surface area contributed by atoms with Gasteiger partial charge in [0, 0.05) is 55.3 Å².